The van der Waals surface area contributed by atoms with Crippen LogP contribution in [0.1, 0.15) is 0 Å². The van der Waals surface area contributed by atoms with Gasteiger partial charge in [-0.15, -0.1) is 0 Å². The normalized spacial score (nSPS) is 16.4. The molecule has 0 spiro atoms. The molecule has 0 aromatic carbocycles. The number of aliphatic hydroxyl groups is 2. The average Bonchev–Trinajstić information content (AvgIpc) is 2.04. The molecule has 0 aromatic heterocycles. The summed E-state index contributed by atoms with van der Waals surface area (Å²) in [6.45, 7) is 0.330. The van der Waals surface area contributed by atoms with Crippen molar-refractivity contribution >= 4 is 0 Å². The largest absolute Gasteiger partial charge is 0.395 e. The lowest BCUT2D eigenvalue weighted by Crippen LogP contribution is -2.35. The van der Waals surface area contributed by atoms with E-state index in [2.05, 4.69) is 0 Å². The maximum Gasteiger partial charge on any atom is 0.0640 e. The predicted octanol–water partition coefficient (Wildman–Crippen LogP) is -2.36. The highest BCUT2D eigenvalue weighted by Gasteiger charge is 2.03. The molecule has 0 aliphatic carbocycles. The van der Waals surface area contributed by atoms with Crippen molar-refractivity contribution in [1.82, 2.24) is 0 Å². The van der Waals surface area contributed by atoms with Gasteiger partial charge in [0.15, 0.2) is 0 Å². The van der Waals surface area contributed by atoms with Gasteiger partial charge in [0.2, 0.25) is 0 Å². The Balaban J connectivity index is 3.13. The van der Waals surface area contributed by atoms with Crippen LogP contribution in [0, 0.1) is 0 Å². The zero-order valence-corrected chi connectivity index (χ0v) is 6.44. The van der Waals surface area contributed by atoms with Gasteiger partial charge in [0.05, 0.1) is 38.5 Å². The molecule has 0 bridgehead atoms. The van der Waals surface area contributed by atoms with Gasteiger partial charge in [-0.25, -0.2) is 0 Å². The third kappa shape index (κ3) is 6.21. The molecule has 0 aliphatic heterocycles. The Bertz CT molecular complexity index is 81.9. The molecule has 0 unspecified atom stereocenters. The first-order valence-electron chi connectivity index (χ1n) is 3.51. The van der Waals surface area contributed by atoms with Crippen molar-refractivity contribution in [3.05, 3.63) is 0 Å². The van der Waals surface area contributed by atoms with Gasteiger partial charge >= 0.3 is 0 Å². The van der Waals surface area contributed by atoms with Crippen molar-refractivity contribution in [2.45, 2.75) is 12.1 Å². The van der Waals surface area contributed by atoms with E-state index in [0.29, 0.717) is 0 Å². The average molecular weight is 164 g/mol. The number of hydrogen-bond donors (Lipinski definition) is 4. The molecule has 0 heterocycles. The van der Waals surface area contributed by atoms with Crippen molar-refractivity contribution in [2.24, 2.45) is 11.5 Å². The van der Waals surface area contributed by atoms with Crippen LogP contribution in [0.4, 0.5) is 0 Å². The summed E-state index contributed by atoms with van der Waals surface area (Å²) >= 11 is 0. The fourth-order valence-electron chi connectivity index (χ4n) is 0.476. The zero-order chi connectivity index (χ0) is 8.69. The molecule has 0 aromatic rings. The quantitative estimate of drug-likeness (QED) is 0.352. The van der Waals surface area contributed by atoms with E-state index in [0.717, 1.165) is 0 Å². The molecule has 2 atom stereocenters. The molecule has 0 saturated heterocycles. The summed E-state index contributed by atoms with van der Waals surface area (Å²) in [5.74, 6) is 0. The molecule has 0 saturated carbocycles. The molecule has 5 nitrogen and oxygen atoms in total. The van der Waals surface area contributed by atoms with E-state index in [1.165, 1.54) is 0 Å². The summed E-state index contributed by atoms with van der Waals surface area (Å²) < 4.78 is 4.97. The van der Waals surface area contributed by atoms with E-state index in [1.54, 1.807) is 0 Å². The summed E-state index contributed by atoms with van der Waals surface area (Å²) in [6, 6.07) is -0.721. The van der Waals surface area contributed by atoms with Crippen LogP contribution in [0.2, 0.25) is 0 Å². The van der Waals surface area contributed by atoms with Gasteiger partial charge in [-0.05, 0) is 0 Å². The number of aliphatic hydroxyl groups excluding tert-OH is 2. The molecular formula is C6H16N2O3. The van der Waals surface area contributed by atoms with Crippen LogP contribution >= 0.6 is 0 Å². The summed E-state index contributed by atoms with van der Waals surface area (Å²) in [4.78, 5) is 0. The number of nitrogens with two attached hydrogens (primary N) is 2. The standard InChI is InChI=1S/C6H16N2O3/c7-5(1-9)3-11-4-6(8)2-10/h5-6,9-10H,1-4,7-8H2/t5-,6-/m1/s1. The SMILES string of the molecule is N[C@H](CO)COC[C@H](N)CO. The van der Waals surface area contributed by atoms with Crippen LogP contribution in [0.5, 0.6) is 0 Å². The molecule has 0 amide bonds. The molecule has 0 rings (SSSR count). The molecule has 0 radical (unpaired) electrons. The third-order valence-corrected chi connectivity index (χ3v) is 1.13. The number of hydrogen-bond acceptors (Lipinski definition) is 5. The van der Waals surface area contributed by atoms with E-state index < -0.39 is 0 Å². The summed E-state index contributed by atoms with van der Waals surface area (Å²) in [5, 5.41) is 16.9. The number of rotatable bonds is 6. The predicted molar refractivity (Wildman–Crippen MR) is 40.9 cm³/mol. The fourth-order valence-corrected chi connectivity index (χ4v) is 0.476. The zero-order valence-electron chi connectivity index (χ0n) is 6.44. The van der Waals surface area contributed by atoms with E-state index in [9.17, 15) is 0 Å². The molecular weight excluding hydrogens is 148 g/mol. The Morgan fingerprint density at radius 1 is 1.00 bits per heavy atom. The Hall–Kier alpha value is -0.200. The van der Waals surface area contributed by atoms with Gasteiger partial charge in [-0.2, -0.15) is 0 Å². The lowest BCUT2D eigenvalue weighted by atomic mass is 10.3. The van der Waals surface area contributed by atoms with Gasteiger partial charge < -0.3 is 26.4 Å². The Kier molecular flexibility index (Phi) is 6.39. The monoisotopic (exact) mass is 164 g/mol. The Morgan fingerprint density at radius 2 is 1.36 bits per heavy atom. The molecule has 0 aliphatic rings. The maximum absolute atomic E-state index is 8.47. The minimum absolute atomic E-state index is 0.103. The number of ether oxygens (including phenoxy) is 1. The second-order valence-electron chi connectivity index (χ2n) is 2.42. The second-order valence-corrected chi connectivity index (χ2v) is 2.42. The molecule has 5 heteroatoms. The fraction of sp³-hybridized carbons (Fsp3) is 1.00. The van der Waals surface area contributed by atoms with Crippen LogP contribution in [0.3, 0.4) is 0 Å². The highest BCUT2D eigenvalue weighted by atomic mass is 16.5. The van der Waals surface area contributed by atoms with Crippen LogP contribution < -0.4 is 11.5 Å². The van der Waals surface area contributed by atoms with Gasteiger partial charge in [-0.3, -0.25) is 0 Å². The lowest BCUT2D eigenvalue weighted by Gasteiger charge is -2.11. The lowest BCUT2D eigenvalue weighted by molar-refractivity contribution is 0.0782. The molecule has 11 heavy (non-hydrogen) atoms. The first kappa shape index (κ1) is 10.8. The minimum atomic E-state index is -0.360. The van der Waals surface area contributed by atoms with E-state index in [-0.39, 0.29) is 38.5 Å². The van der Waals surface area contributed by atoms with E-state index in [1.807, 2.05) is 0 Å². The van der Waals surface area contributed by atoms with Crippen molar-refractivity contribution in [1.29, 1.82) is 0 Å². The van der Waals surface area contributed by atoms with Gasteiger partial charge in [0, 0.05) is 0 Å². The second kappa shape index (κ2) is 6.51. The third-order valence-electron chi connectivity index (χ3n) is 1.13. The van der Waals surface area contributed by atoms with Gasteiger partial charge in [0.25, 0.3) is 0 Å². The van der Waals surface area contributed by atoms with Crippen molar-refractivity contribution < 1.29 is 14.9 Å². The smallest absolute Gasteiger partial charge is 0.0640 e. The summed E-state index contributed by atoms with van der Waals surface area (Å²) in [6.07, 6.45) is 0. The molecule has 68 valence electrons. The van der Waals surface area contributed by atoms with Gasteiger partial charge in [-0.1, -0.05) is 0 Å². The summed E-state index contributed by atoms with van der Waals surface area (Å²) in [7, 11) is 0. The molecule has 0 fully saturated rings. The molecule has 6 N–H and O–H groups in total. The van der Waals surface area contributed by atoms with Gasteiger partial charge in [0.1, 0.15) is 0 Å². The topological polar surface area (TPSA) is 102 Å². The maximum atomic E-state index is 8.47. The van der Waals surface area contributed by atoms with Crippen molar-refractivity contribution in [3.8, 4) is 0 Å². The van der Waals surface area contributed by atoms with Crippen molar-refractivity contribution in [3.63, 3.8) is 0 Å². The van der Waals surface area contributed by atoms with Crippen LogP contribution in [0.25, 0.3) is 0 Å². The van der Waals surface area contributed by atoms with Crippen molar-refractivity contribution in [2.75, 3.05) is 26.4 Å². The van der Waals surface area contributed by atoms with E-state index >= 15 is 0 Å². The highest BCUT2D eigenvalue weighted by molar-refractivity contribution is 4.59. The first-order valence-corrected chi connectivity index (χ1v) is 3.51. The summed E-state index contributed by atoms with van der Waals surface area (Å²) in [5.41, 5.74) is 10.6. The Morgan fingerprint density at radius 3 is 1.64 bits per heavy atom. The minimum Gasteiger partial charge on any atom is -0.395 e. The Labute approximate surface area is 65.9 Å². The highest BCUT2D eigenvalue weighted by Crippen LogP contribution is 1.83. The first-order chi connectivity index (χ1) is 5.20. The van der Waals surface area contributed by atoms with Crippen LogP contribution in [-0.4, -0.2) is 48.7 Å². The van der Waals surface area contributed by atoms with Crippen LogP contribution in [-0.2, 0) is 4.74 Å². The van der Waals surface area contributed by atoms with Crippen LogP contribution in [0.15, 0.2) is 0 Å². The van der Waals surface area contributed by atoms with E-state index in [4.69, 9.17) is 26.4 Å².